The summed E-state index contributed by atoms with van der Waals surface area (Å²) in [6.45, 7) is 0.461. The smallest absolute Gasteiger partial charge is 0.263 e. The summed E-state index contributed by atoms with van der Waals surface area (Å²) in [5.41, 5.74) is 0.680. The normalized spacial score (nSPS) is 10.0. The monoisotopic (exact) mass is 167 g/mol. The summed E-state index contributed by atoms with van der Waals surface area (Å²) >= 11 is 0. The van der Waals surface area contributed by atoms with Crippen molar-refractivity contribution < 1.29 is 4.63 Å². The van der Waals surface area contributed by atoms with E-state index in [2.05, 4.69) is 40.9 Å². The van der Waals surface area contributed by atoms with Gasteiger partial charge in [-0.15, -0.1) is 5.10 Å². The van der Waals surface area contributed by atoms with Gasteiger partial charge in [0, 0.05) is 0 Å². The minimum absolute atomic E-state index is 0.415. The zero-order chi connectivity index (χ0) is 8.23. The van der Waals surface area contributed by atoms with Gasteiger partial charge >= 0.3 is 0 Å². The van der Waals surface area contributed by atoms with Crippen molar-refractivity contribution in [3.63, 3.8) is 0 Å². The first-order valence-electron chi connectivity index (χ1n) is 3.19. The van der Waals surface area contributed by atoms with Crippen LogP contribution in [0.3, 0.4) is 0 Å². The SMILES string of the molecule is c1nonc1CNc1nn[nH]n1. The highest BCUT2D eigenvalue weighted by Gasteiger charge is 1.99. The number of hydrogen-bond donors (Lipinski definition) is 2. The highest BCUT2D eigenvalue weighted by atomic mass is 16.6. The quantitative estimate of drug-likeness (QED) is 0.616. The largest absolute Gasteiger partial charge is 0.346 e. The lowest BCUT2D eigenvalue weighted by molar-refractivity contribution is 0.303. The lowest BCUT2D eigenvalue weighted by Gasteiger charge is -1.93. The maximum atomic E-state index is 4.38. The first kappa shape index (κ1) is 6.70. The van der Waals surface area contributed by atoms with Crippen LogP contribution in [-0.4, -0.2) is 30.9 Å². The third-order valence-corrected chi connectivity index (χ3v) is 1.18. The first-order valence-corrected chi connectivity index (χ1v) is 3.19. The van der Waals surface area contributed by atoms with E-state index < -0.39 is 0 Å². The Morgan fingerprint density at radius 3 is 3.25 bits per heavy atom. The van der Waals surface area contributed by atoms with Crippen LogP contribution in [0.2, 0.25) is 0 Å². The van der Waals surface area contributed by atoms with Crippen LogP contribution in [0.25, 0.3) is 0 Å². The topological polar surface area (TPSA) is 105 Å². The molecule has 62 valence electrons. The molecular weight excluding hydrogens is 162 g/mol. The number of nitrogens with zero attached hydrogens (tertiary/aromatic N) is 5. The van der Waals surface area contributed by atoms with Gasteiger partial charge in [-0.1, -0.05) is 15.4 Å². The maximum Gasteiger partial charge on any atom is 0.263 e. The van der Waals surface area contributed by atoms with Gasteiger partial charge in [-0.25, -0.2) is 4.63 Å². The molecule has 2 aromatic rings. The minimum Gasteiger partial charge on any atom is -0.346 e. The summed E-state index contributed by atoms with van der Waals surface area (Å²) in [5.74, 6) is 0.415. The van der Waals surface area contributed by atoms with Crippen molar-refractivity contribution in [1.29, 1.82) is 0 Å². The molecule has 0 aromatic carbocycles. The standard InChI is InChI=1S/C4H5N7O/c1(3-2-6-12-9-3)5-4-7-10-11-8-4/h2H,1H2,(H2,5,7,8,10,11). The van der Waals surface area contributed by atoms with Gasteiger partial charge in [0.2, 0.25) is 0 Å². The third kappa shape index (κ3) is 1.36. The molecule has 0 aliphatic heterocycles. The van der Waals surface area contributed by atoms with Crippen LogP contribution in [0.15, 0.2) is 10.8 Å². The van der Waals surface area contributed by atoms with Gasteiger partial charge in [-0.2, -0.15) is 5.21 Å². The predicted octanol–water partition coefficient (Wildman–Crippen LogP) is -0.805. The van der Waals surface area contributed by atoms with Crippen LogP contribution in [0, 0.1) is 0 Å². The molecule has 2 rings (SSSR count). The number of tetrazole rings is 1. The number of aromatic amines is 1. The Labute approximate surface area is 66.3 Å². The molecule has 8 heteroatoms. The second kappa shape index (κ2) is 2.95. The van der Waals surface area contributed by atoms with Crippen LogP contribution < -0.4 is 5.32 Å². The van der Waals surface area contributed by atoms with E-state index in [4.69, 9.17) is 0 Å². The molecule has 8 nitrogen and oxygen atoms in total. The van der Waals surface area contributed by atoms with Gasteiger partial charge in [-0.05, 0) is 5.21 Å². The van der Waals surface area contributed by atoms with Crippen LogP contribution >= 0.6 is 0 Å². The molecule has 2 N–H and O–H groups in total. The second-order valence-corrected chi connectivity index (χ2v) is 1.99. The van der Waals surface area contributed by atoms with Crippen molar-refractivity contribution in [2.75, 3.05) is 5.32 Å². The highest BCUT2D eigenvalue weighted by molar-refractivity contribution is 5.19. The molecule has 0 fully saturated rings. The van der Waals surface area contributed by atoms with Gasteiger partial charge in [0.1, 0.15) is 5.69 Å². The van der Waals surface area contributed by atoms with Gasteiger partial charge in [-0.3, -0.25) is 0 Å². The molecular formula is C4H5N7O. The van der Waals surface area contributed by atoms with E-state index in [9.17, 15) is 0 Å². The Bertz CT molecular complexity index is 279. The Hall–Kier alpha value is -1.99. The van der Waals surface area contributed by atoms with E-state index in [1.165, 1.54) is 6.20 Å². The molecule has 2 heterocycles. The van der Waals surface area contributed by atoms with Crippen LogP contribution in [0.5, 0.6) is 0 Å². The molecule has 0 saturated heterocycles. The molecule has 0 aliphatic carbocycles. The molecule has 12 heavy (non-hydrogen) atoms. The van der Waals surface area contributed by atoms with Crippen molar-refractivity contribution >= 4 is 5.95 Å². The van der Waals surface area contributed by atoms with E-state index in [1.54, 1.807) is 0 Å². The molecule has 0 amide bonds. The Morgan fingerprint density at radius 1 is 1.58 bits per heavy atom. The zero-order valence-corrected chi connectivity index (χ0v) is 5.93. The fraction of sp³-hybridized carbons (Fsp3) is 0.250. The van der Waals surface area contributed by atoms with Crippen LogP contribution in [0.1, 0.15) is 5.69 Å². The lowest BCUT2D eigenvalue weighted by Crippen LogP contribution is -2.00. The van der Waals surface area contributed by atoms with Crippen LogP contribution in [0.4, 0.5) is 5.95 Å². The molecule has 0 spiro atoms. The van der Waals surface area contributed by atoms with E-state index in [1.807, 2.05) is 0 Å². The van der Waals surface area contributed by atoms with Gasteiger partial charge in [0.05, 0.1) is 12.7 Å². The number of H-pyrrole nitrogens is 1. The first-order chi connectivity index (χ1) is 5.95. The number of rotatable bonds is 3. The summed E-state index contributed by atoms with van der Waals surface area (Å²) in [5, 5.41) is 22.9. The Morgan fingerprint density at radius 2 is 2.58 bits per heavy atom. The molecule has 0 saturated carbocycles. The Balaban J connectivity index is 1.91. The average molecular weight is 167 g/mol. The third-order valence-electron chi connectivity index (χ3n) is 1.18. The van der Waals surface area contributed by atoms with Gasteiger partial charge in [0.15, 0.2) is 0 Å². The lowest BCUT2D eigenvalue weighted by atomic mass is 10.5. The minimum atomic E-state index is 0.415. The van der Waals surface area contributed by atoms with E-state index >= 15 is 0 Å². The van der Waals surface area contributed by atoms with E-state index in [0.717, 1.165) is 0 Å². The average Bonchev–Trinajstić information content (AvgIpc) is 2.74. The van der Waals surface area contributed by atoms with E-state index in [0.29, 0.717) is 18.2 Å². The van der Waals surface area contributed by atoms with Gasteiger partial charge < -0.3 is 5.32 Å². The summed E-state index contributed by atoms with van der Waals surface area (Å²) < 4.78 is 4.38. The van der Waals surface area contributed by atoms with Crippen molar-refractivity contribution in [3.8, 4) is 0 Å². The van der Waals surface area contributed by atoms with Crippen molar-refractivity contribution in [1.82, 2.24) is 30.9 Å². The van der Waals surface area contributed by atoms with Gasteiger partial charge in [0.25, 0.3) is 5.95 Å². The summed E-state index contributed by atoms with van der Waals surface area (Å²) in [6.07, 6.45) is 1.51. The number of nitrogens with one attached hydrogen (secondary N) is 2. The predicted molar refractivity (Wildman–Crippen MR) is 35.8 cm³/mol. The molecule has 0 radical (unpaired) electrons. The summed E-state index contributed by atoms with van der Waals surface area (Å²) in [6, 6.07) is 0. The molecule has 0 atom stereocenters. The molecule has 2 aromatic heterocycles. The number of aromatic nitrogens is 6. The fourth-order valence-corrected chi connectivity index (χ4v) is 0.668. The highest BCUT2D eigenvalue weighted by Crippen LogP contribution is 1.95. The van der Waals surface area contributed by atoms with Crippen molar-refractivity contribution in [2.24, 2.45) is 0 Å². The number of hydrogen-bond acceptors (Lipinski definition) is 7. The van der Waals surface area contributed by atoms with Crippen molar-refractivity contribution in [3.05, 3.63) is 11.9 Å². The summed E-state index contributed by atoms with van der Waals surface area (Å²) in [4.78, 5) is 0. The van der Waals surface area contributed by atoms with Crippen LogP contribution in [-0.2, 0) is 6.54 Å². The zero-order valence-electron chi connectivity index (χ0n) is 5.93. The van der Waals surface area contributed by atoms with Crippen molar-refractivity contribution in [2.45, 2.75) is 6.54 Å². The second-order valence-electron chi connectivity index (χ2n) is 1.99. The molecule has 0 unspecified atom stereocenters. The molecule has 0 aliphatic rings. The summed E-state index contributed by atoms with van der Waals surface area (Å²) in [7, 11) is 0. The fourth-order valence-electron chi connectivity index (χ4n) is 0.668. The van der Waals surface area contributed by atoms with E-state index in [-0.39, 0.29) is 0 Å². The maximum absolute atomic E-state index is 4.38. The number of anilines is 1. The Kier molecular flexibility index (Phi) is 1.65. The molecule has 0 bridgehead atoms.